The SMILES string of the molecule is CCCCC1=NC=C1. The predicted octanol–water partition coefficient (Wildman–Crippen LogP) is 2.14. The van der Waals surface area contributed by atoms with E-state index in [1.54, 1.807) is 0 Å². The second-order valence-corrected chi connectivity index (χ2v) is 2.04. The number of unbranched alkanes of at least 4 members (excludes halogenated alkanes) is 1. The third-order valence-corrected chi connectivity index (χ3v) is 1.29. The average molecular weight is 109 g/mol. The van der Waals surface area contributed by atoms with Crippen LogP contribution >= 0.6 is 0 Å². The molecule has 1 heteroatoms. The van der Waals surface area contributed by atoms with Gasteiger partial charge in [0, 0.05) is 11.9 Å². The van der Waals surface area contributed by atoms with Crippen molar-refractivity contribution in [2.24, 2.45) is 4.99 Å². The predicted molar refractivity (Wildman–Crippen MR) is 36.1 cm³/mol. The quantitative estimate of drug-likeness (QED) is 0.526. The first-order valence-corrected chi connectivity index (χ1v) is 3.16. The molecule has 0 saturated heterocycles. The fourth-order valence-corrected chi connectivity index (χ4v) is 0.686. The van der Waals surface area contributed by atoms with Crippen molar-refractivity contribution in [3.05, 3.63) is 12.3 Å². The zero-order chi connectivity index (χ0) is 5.82. The van der Waals surface area contributed by atoms with Crippen molar-refractivity contribution < 1.29 is 0 Å². The summed E-state index contributed by atoms with van der Waals surface area (Å²) in [4.78, 5) is 4.04. The highest BCUT2D eigenvalue weighted by Crippen LogP contribution is 2.04. The monoisotopic (exact) mass is 109 g/mol. The van der Waals surface area contributed by atoms with E-state index in [1.165, 1.54) is 25.0 Å². The highest BCUT2D eigenvalue weighted by atomic mass is 14.7. The lowest BCUT2D eigenvalue weighted by Crippen LogP contribution is -1.97. The molecule has 0 aromatic heterocycles. The highest BCUT2D eigenvalue weighted by molar-refractivity contribution is 5.99. The molecule has 8 heavy (non-hydrogen) atoms. The van der Waals surface area contributed by atoms with Crippen LogP contribution in [-0.2, 0) is 0 Å². The molecule has 0 fully saturated rings. The van der Waals surface area contributed by atoms with E-state index in [9.17, 15) is 0 Å². The first-order valence-electron chi connectivity index (χ1n) is 3.16. The Morgan fingerprint density at radius 3 is 2.75 bits per heavy atom. The Labute approximate surface area is 50.1 Å². The third kappa shape index (κ3) is 1.19. The minimum atomic E-state index is 1.17. The largest absolute Gasteiger partial charge is 0.261 e. The van der Waals surface area contributed by atoms with Crippen molar-refractivity contribution in [3.8, 4) is 0 Å². The maximum absolute atomic E-state index is 4.04. The maximum Gasteiger partial charge on any atom is 0.0418 e. The van der Waals surface area contributed by atoms with Gasteiger partial charge in [0.1, 0.15) is 0 Å². The normalized spacial score (nSPS) is 15.4. The average Bonchev–Trinajstić information content (AvgIpc) is 1.63. The van der Waals surface area contributed by atoms with Crippen LogP contribution in [0, 0.1) is 0 Å². The Morgan fingerprint density at radius 1 is 1.62 bits per heavy atom. The summed E-state index contributed by atoms with van der Waals surface area (Å²) in [6.07, 6.45) is 7.66. The van der Waals surface area contributed by atoms with E-state index in [4.69, 9.17) is 0 Å². The second kappa shape index (κ2) is 2.65. The molecule has 0 aromatic carbocycles. The van der Waals surface area contributed by atoms with Gasteiger partial charge in [-0.3, -0.25) is 4.99 Å². The van der Waals surface area contributed by atoms with Crippen molar-refractivity contribution in [2.75, 3.05) is 0 Å². The molecule has 0 spiro atoms. The summed E-state index contributed by atoms with van der Waals surface area (Å²) >= 11 is 0. The van der Waals surface area contributed by atoms with E-state index in [1.807, 2.05) is 6.20 Å². The number of hydrogen-bond acceptors (Lipinski definition) is 1. The Balaban J connectivity index is 2.03. The van der Waals surface area contributed by atoms with Gasteiger partial charge in [0.2, 0.25) is 0 Å². The smallest absolute Gasteiger partial charge is 0.0418 e. The summed E-state index contributed by atoms with van der Waals surface area (Å²) < 4.78 is 0. The number of rotatable bonds is 3. The molecule has 0 bridgehead atoms. The van der Waals surface area contributed by atoms with Crippen molar-refractivity contribution in [1.82, 2.24) is 0 Å². The molecule has 0 saturated carbocycles. The molecule has 0 amide bonds. The van der Waals surface area contributed by atoms with E-state index in [0.29, 0.717) is 0 Å². The van der Waals surface area contributed by atoms with E-state index < -0.39 is 0 Å². The van der Waals surface area contributed by atoms with Gasteiger partial charge < -0.3 is 0 Å². The Bertz CT molecular complexity index is 122. The van der Waals surface area contributed by atoms with Crippen LogP contribution in [0.15, 0.2) is 17.3 Å². The fourth-order valence-electron chi connectivity index (χ4n) is 0.686. The minimum absolute atomic E-state index is 1.17. The van der Waals surface area contributed by atoms with E-state index in [2.05, 4.69) is 18.0 Å². The number of nitrogens with zero attached hydrogens (tertiary/aromatic N) is 1. The molecule has 1 aliphatic heterocycles. The minimum Gasteiger partial charge on any atom is -0.261 e. The molecular formula is C7H11N. The maximum atomic E-state index is 4.04. The molecule has 0 unspecified atom stereocenters. The zero-order valence-corrected chi connectivity index (χ0v) is 5.22. The summed E-state index contributed by atoms with van der Waals surface area (Å²) in [6.45, 7) is 2.20. The Morgan fingerprint density at radius 2 is 2.38 bits per heavy atom. The van der Waals surface area contributed by atoms with E-state index in [0.717, 1.165) is 0 Å². The van der Waals surface area contributed by atoms with Gasteiger partial charge in [-0.1, -0.05) is 13.3 Å². The van der Waals surface area contributed by atoms with Crippen LogP contribution in [0.3, 0.4) is 0 Å². The molecule has 0 radical (unpaired) electrons. The van der Waals surface area contributed by atoms with Crippen LogP contribution in [-0.4, -0.2) is 5.71 Å². The lowest BCUT2D eigenvalue weighted by Gasteiger charge is -2.02. The van der Waals surface area contributed by atoms with Crippen LogP contribution in [0.5, 0.6) is 0 Å². The molecule has 1 aliphatic rings. The van der Waals surface area contributed by atoms with Crippen LogP contribution in [0.25, 0.3) is 0 Å². The topological polar surface area (TPSA) is 12.4 Å². The number of allylic oxidation sites excluding steroid dienone is 1. The molecule has 0 atom stereocenters. The summed E-state index contributed by atoms with van der Waals surface area (Å²) in [7, 11) is 0. The summed E-state index contributed by atoms with van der Waals surface area (Å²) in [5.41, 5.74) is 1.27. The Kier molecular flexibility index (Phi) is 1.84. The van der Waals surface area contributed by atoms with Crippen molar-refractivity contribution in [1.29, 1.82) is 0 Å². The lowest BCUT2D eigenvalue weighted by molar-refractivity contribution is 0.834. The first kappa shape index (κ1) is 5.54. The number of aliphatic imine (C=N–C) groups is 1. The van der Waals surface area contributed by atoms with Gasteiger partial charge in [-0.25, -0.2) is 0 Å². The second-order valence-electron chi connectivity index (χ2n) is 2.04. The van der Waals surface area contributed by atoms with Gasteiger partial charge in [0.05, 0.1) is 0 Å². The third-order valence-electron chi connectivity index (χ3n) is 1.29. The zero-order valence-electron chi connectivity index (χ0n) is 5.22. The molecule has 1 nitrogen and oxygen atoms in total. The van der Waals surface area contributed by atoms with E-state index in [-0.39, 0.29) is 0 Å². The molecular weight excluding hydrogens is 98.1 g/mol. The van der Waals surface area contributed by atoms with Crippen LogP contribution < -0.4 is 0 Å². The van der Waals surface area contributed by atoms with Crippen LogP contribution in [0.1, 0.15) is 26.2 Å². The van der Waals surface area contributed by atoms with Gasteiger partial charge in [-0.05, 0) is 18.9 Å². The molecule has 0 N–H and O–H groups in total. The van der Waals surface area contributed by atoms with Crippen molar-refractivity contribution in [3.63, 3.8) is 0 Å². The lowest BCUT2D eigenvalue weighted by atomic mass is 10.1. The van der Waals surface area contributed by atoms with Gasteiger partial charge in [0.25, 0.3) is 0 Å². The standard InChI is InChI=1S/C7H11N/c1-2-3-4-7-5-6-8-7/h5-6H,2-4H2,1H3. The molecule has 1 heterocycles. The van der Waals surface area contributed by atoms with Gasteiger partial charge >= 0.3 is 0 Å². The van der Waals surface area contributed by atoms with Crippen molar-refractivity contribution >= 4 is 5.71 Å². The van der Waals surface area contributed by atoms with Crippen molar-refractivity contribution in [2.45, 2.75) is 26.2 Å². The van der Waals surface area contributed by atoms with Crippen LogP contribution in [0.4, 0.5) is 0 Å². The van der Waals surface area contributed by atoms with Crippen LogP contribution in [0.2, 0.25) is 0 Å². The van der Waals surface area contributed by atoms with E-state index >= 15 is 0 Å². The Hall–Kier alpha value is -0.590. The summed E-state index contributed by atoms with van der Waals surface area (Å²) in [5.74, 6) is 0. The van der Waals surface area contributed by atoms with Gasteiger partial charge in [-0.15, -0.1) is 0 Å². The van der Waals surface area contributed by atoms with Gasteiger partial charge in [-0.2, -0.15) is 0 Å². The number of hydrogen-bond donors (Lipinski definition) is 0. The highest BCUT2D eigenvalue weighted by Gasteiger charge is 1.96. The fraction of sp³-hybridized carbons (Fsp3) is 0.571. The van der Waals surface area contributed by atoms with Gasteiger partial charge in [0.15, 0.2) is 0 Å². The summed E-state index contributed by atoms with van der Waals surface area (Å²) in [5, 5.41) is 0. The molecule has 0 aliphatic carbocycles. The summed E-state index contributed by atoms with van der Waals surface area (Å²) in [6, 6.07) is 0. The molecule has 1 rings (SSSR count). The molecule has 0 aromatic rings. The first-order chi connectivity index (χ1) is 3.93. The molecule has 44 valence electrons.